The van der Waals surface area contributed by atoms with Crippen LogP contribution in [0.3, 0.4) is 0 Å². The highest BCUT2D eigenvalue weighted by atomic mass is 32.2. The molecule has 1 aliphatic heterocycles. The third-order valence-electron chi connectivity index (χ3n) is 4.32. The Morgan fingerprint density at radius 1 is 1.31 bits per heavy atom. The van der Waals surface area contributed by atoms with E-state index < -0.39 is 11.9 Å². The highest BCUT2D eigenvalue weighted by Crippen LogP contribution is 2.30. The normalized spacial score (nSPS) is 15.2. The number of hydrogen-bond donors (Lipinski definition) is 0. The lowest BCUT2D eigenvalue weighted by atomic mass is 10.1. The maximum absolute atomic E-state index is 12.4. The average molecular weight is 419 g/mol. The van der Waals surface area contributed by atoms with Crippen LogP contribution in [0.4, 0.5) is 0 Å². The van der Waals surface area contributed by atoms with Gasteiger partial charge in [0.1, 0.15) is 17.9 Å². The van der Waals surface area contributed by atoms with Gasteiger partial charge in [0.05, 0.1) is 37.1 Å². The van der Waals surface area contributed by atoms with Crippen LogP contribution >= 0.6 is 11.8 Å². The summed E-state index contributed by atoms with van der Waals surface area (Å²) >= 11 is 1.24. The molecule has 0 N–H and O–H groups in total. The van der Waals surface area contributed by atoms with Crippen LogP contribution in [0.1, 0.15) is 23.0 Å². The number of nitrogens with zero attached hydrogens (tertiary/aromatic N) is 1. The van der Waals surface area contributed by atoms with Crippen molar-refractivity contribution in [1.82, 2.24) is 4.90 Å². The summed E-state index contributed by atoms with van der Waals surface area (Å²) in [6, 6.07) is 5.26. The molecule has 2 aromatic rings. The van der Waals surface area contributed by atoms with Crippen LogP contribution in [0.25, 0.3) is 11.0 Å². The minimum Gasteiger partial charge on any atom is -0.497 e. The van der Waals surface area contributed by atoms with E-state index in [0.717, 1.165) is 5.39 Å². The zero-order valence-corrected chi connectivity index (χ0v) is 17.2. The molecule has 1 fully saturated rings. The molecule has 0 atom stereocenters. The van der Waals surface area contributed by atoms with Gasteiger partial charge in [-0.1, -0.05) is 11.8 Å². The number of benzene rings is 1. The van der Waals surface area contributed by atoms with Crippen molar-refractivity contribution in [3.63, 3.8) is 0 Å². The fraction of sp³-hybridized carbons (Fsp3) is 0.350. The van der Waals surface area contributed by atoms with Crippen LogP contribution < -0.4 is 4.74 Å². The number of carbonyl (C=O) groups is 3. The number of fused-ring (bicyclic) bond motifs is 1. The Bertz CT molecular complexity index is 979. The van der Waals surface area contributed by atoms with E-state index in [9.17, 15) is 14.4 Å². The third-order valence-corrected chi connectivity index (χ3v) is 5.34. The van der Waals surface area contributed by atoms with Crippen molar-refractivity contribution in [2.24, 2.45) is 0 Å². The molecule has 3 rings (SSSR count). The minimum absolute atomic E-state index is 0.0366. The summed E-state index contributed by atoms with van der Waals surface area (Å²) in [5.74, 6) is -0.296. The van der Waals surface area contributed by atoms with Crippen LogP contribution in [0.2, 0.25) is 0 Å². The SMILES string of the molecule is CCOC(=O)/C=C1\SCC(=O)N1CCOC(=O)c1oc2ccc(OC)cc2c1C. The Balaban J connectivity index is 1.65. The van der Waals surface area contributed by atoms with E-state index in [0.29, 0.717) is 21.9 Å². The Morgan fingerprint density at radius 2 is 2.10 bits per heavy atom. The van der Waals surface area contributed by atoms with E-state index in [1.807, 2.05) is 0 Å². The molecule has 29 heavy (non-hydrogen) atoms. The summed E-state index contributed by atoms with van der Waals surface area (Å²) in [5.41, 5.74) is 1.21. The number of carbonyl (C=O) groups excluding carboxylic acids is 3. The second-order valence-corrected chi connectivity index (χ2v) is 7.12. The predicted octanol–water partition coefficient (Wildman–Crippen LogP) is 2.89. The van der Waals surface area contributed by atoms with Crippen LogP contribution in [-0.2, 0) is 19.1 Å². The lowest BCUT2D eigenvalue weighted by molar-refractivity contribution is -0.137. The van der Waals surface area contributed by atoms with Crippen molar-refractivity contribution >= 4 is 40.6 Å². The molecule has 9 heteroatoms. The quantitative estimate of drug-likeness (QED) is 0.499. The molecule has 0 unspecified atom stereocenters. The van der Waals surface area contributed by atoms with Crippen molar-refractivity contribution in [1.29, 1.82) is 0 Å². The third kappa shape index (κ3) is 4.56. The van der Waals surface area contributed by atoms with E-state index >= 15 is 0 Å². The first kappa shape index (κ1) is 20.8. The molecular weight excluding hydrogens is 398 g/mol. The van der Waals surface area contributed by atoms with Crippen molar-refractivity contribution < 1.29 is 33.0 Å². The monoisotopic (exact) mass is 419 g/mol. The molecule has 1 saturated heterocycles. The molecule has 0 radical (unpaired) electrons. The Labute approximate surface area is 171 Å². The zero-order chi connectivity index (χ0) is 21.0. The van der Waals surface area contributed by atoms with Gasteiger partial charge in [0, 0.05) is 10.9 Å². The van der Waals surface area contributed by atoms with E-state index in [4.69, 9.17) is 18.6 Å². The number of amides is 1. The van der Waals surface area contributed by atoms with Gasteiger partial charge in [-0.3, -0.25) is 4.79 Å². The summed E-state index contributed by atoms with van der Waals surface area (Å²) in [6.45, 7) is 3.82. The van der Waals surface area contributed by atoms with Crippen LogP contribution in [0.15, 0.2) is 33.7 Å². The molecule has 1 aromatic carbocycles. The summed E-state index contributed by atoms with van der Waals surface area (Å²) in [5, 5.41) is 1.25. The molecule has 8 nitrogen and oxygen atoms in total. The van der Waals surface area contributed by atoms with E-state index in [-0.39, 0.29) is 37.2 Å². The topological polar surface area (TPSA) is 95.3 Å². The van der Waals surface area contributed by atoms with Gasteiger partial charge in [-0.25, -0.2) is 9.59 Å². The fourth-order valence-electron chi connectivity index (χ4n) is 2.87. The van der Waals surface area contributed by atoms with Crippen molar-refractivity contribution in [3.8, 4) is 5.75 Å². The Hall–Kier alpha value is -2.94. The van der Waals surface area contributed by atoms with E-state index in [1.54, 1.807) is 39.2 Å². The largest absolute Gasteiger partial charge is 0.497 e. The first-order chi connectivity index (χ1) is 13.9. The number of esters is 2. The first-order valence-electron chi connectivity index (χ1n) is 9.00. The Kier molecular flexibility index (Phi) is 6.48. The van der Waals surface area contributed by atoms with Crippen LogP contribution in [0, 0.1) is 6.92 Å². The molecule has 1 aliphatic rings. The van der Waals surface area contributed by atoms with Crippen LogP contribution in [-0.4, -0.2) is 55.4 Å². The Morgan fingerprint density at radius 3 is 2.83 bits per heavy atom. The molecular formula is C20H21NO7S. The van der Waals surface area contributed by atoms with Gasteiger partial charge in [0.25, 0.3) is 0 Å². The summed E-state index contributed by atoms with van der Waals surface area (Å²) < 4.78 is 21.0. The van der Waals surface area contributed by atoms with Gasteiger partial charge in [0.15, 0.2) is 0 Å². The molecule has 154 valence electrons. The lowest BCUT2D eigenvalue weighted by Crippen LogP contribution is -2.29. The van der Waals surface area contributed by atoms with E-state index in [2.05, 4.69) is 0 Å². The maximum Gasteiger partial charge on any atom is 0.374 e. The number of methoxy groups -OCH3 is 1. The number of aryl methyl sites for hydroxylation is 1. The lowest BCUT2D eigenvalue weighted by Gasteiger charge is -2.16. The second kappa shape index (κ2) is 9.04. The maximum atomic E-state index is 12.4. The fourth-order valence-corrected chi connectivity index (χ4v) is 3.83. The van der Waals surface area contributed by atoms with Gasteiger partial charge in [-0.2, -0.15) is 0 Å². The molecule has 0 saturated carbocycles. The van der Waals surface area contributed by atoms with Crippen LogP contribution in [0.5, 0.6) is 5.75 Å². The molecule has 2 heterocycles. The summed E-state index contributed by atoms with van der Waals surface area (Å²) in [7, 11) is 1.56. The first-order valence-corrected chi connectivity index (χ1v) is 9.99. The second-order valence-electron chi connectivity index (χ2n) is 6.12. The number of rotatable bonds is 7. The highest BCUT2D eigenvalue weighted by Gasteiger charge is 2.28. The van der Waals surface area contributed by atoms with Crippen molar-refractivity contribution in [3.05, 3.63) is 40.6 Å². The van der Waals surface area contributed by atoms with Gasteiger partial charge in [0.2, 0.25) is 11.7 Å². The standard InChI is InChI=1S/C20H21NO7S/c1-4-26-18(23)10-17-21(16(22)11-29-17)7-8-27-20(24)19-12(2)14-9-13(25-3)5-6-15(14)28-19/h5-6,9-10H,4,7-8,11H2,1-3H3/b17-10-. The van der Waals surface area contributed by atoms with E-state index in [1.165, 1.54) is 22.7 Å². The highest BCUT2D eigenvalue weighted by molar-refractivity contribution is 8.04. The minimum atomic E-state index is -0.618. The molecule has 0 aliphatic carbocycles. The number of ether oxygens (including phenoxy) is 3. The molecule has 1 aromatic heterocycles. The molecule has 1 amide bonds. The predicted molar refractivity (Wildman–Crippen MR) is 107 cm³/mol. The molecule has 0 bridgehead atoms. The van der Waals surface area contributed by atoms with Gasteiger partial charge < -0.3 is 23.5 Å². The van der Waals surface area contributed by atoms with Crippen molar-refractivity contribution in [2.75, 3.05) is 32.6 Å². The summed E-state index contributed by atoms with van der Waals surface area (Å²) in [6.07, 6.45) is 1.28. The number of hydrogen-bond acceptors (Lipinski definition) is 8. The smallest absolute Gasteiger partial charge is 0.374 e. The number of furan rings is 1. The van der Waals surface area contributed by atoms with Gasteiger partial charge >= 0.3 is 11.9 Å². The molecule has 0 spiro atoms. The van der Waals surface area contributed by atoms with Gasteiger partial charge in [-0.15, -0.1) is 0 Å². The van der Waals surface area contributed by atoms with Crippen molar-refractivity contribution in [2.45, 2.75) is 13.8 Å². The number of thioether (sulfide) groups is 1. The summed E-state index contributed by atoms with van der Waals surface area (Å²) in [4.78, 5) is 37.5. The average Bonchev–Trinajstić information content (AvgIpc) is 3.22. The zero-order valence-electron chi connectivity index (χ0n) is 16.4. The van der Waals surface area contributed by atoms with Gasteiger partial charge in [-0.05, 0) is 32.0 Å².